The second kappa shape index (κ2) is 17.6. The van der Waals surface area contributed by atoms with Crippen LogP contribution < -0.4 is 4.74 Å². The van der Waals surface area contributed by atoms with Crippen molar-refractivity contribution in [1.29, 1.82) is 0 Å². The molecular formula is C30H36O8. The van der Waals surface area contributed by atoms with Crippen molar-refractivity contribution < 1.29 is 38.1 Å². The first kappa shape index (κ1) is 30.4. The molecule has 0 aliphatic rings. The summed E-state index contributed by atoms with van der Waals surface area (Å²) in [5.74, 6) is 1.33. The largest absolute Gasteiger partial charge is 0.489 e. The summed E-state index contributed by atoms with van der Waals surface area (Å²) in [7, 11) is 2.65. The minimum Gasteiger partial charge on any atom is -0.489 e. The van der Waals surface area contributed by atoms with Gasteiger partial charge in [0.1, 0.15) is 11.7 Å². The maximum absolute atomic E-state index is 12.5. The third kappa shape index (κ3) is 10.6. The molecule has 0 saturated carbocycles. The second-order valence-corrected chi connectivity index (χ2v) is 8.54. The molecule has 2 aromatic rings. The van der Waals surface area contributed by atoms with E-state index in [4.69, 9.17) is 23.7 Å². The Bertz CT molecular complexity index is 1080. The highest BCUT2D eigenvalue weighted by Crippen LogP contribution is 2.24. The van der Waals surface area contributed by atoms with Gasteiger partial charge in [0.25, 0.3) is 0 Å². The first-order chi connectivity index (χ1) is 18.5. The summed E-state index contributed by atoms with van der Waals surface area (Å²) in [6, 6.07) is 15.4. The molecule has 0 bridgehead atoms. The molecule has 0 amide bonds. The van der Waals surface area contributed by atoms with Crippen LogP contribution in [-0.4, -0.2) is 51.9 Å². The standard InChI is InChI=1S/C30H36O8/c1-23(21-31)22-36-19-11-6-4-5-7-12-20-37-27(28(34-2)30(33)35-3)24-15-17-25(18-16-24)29(32)38-26-13-9-8-10-14-26/h8-10,13-18H,4-7,11-12,19-20,22H2,1-3H3. The molecule has 8 nitrogen and oxygen atoms in total. The van der Waals surface area contributed by atoms with Gasteiger partial charge in [0.2, 0.25) is 5.76 Å². The SMILES string of the molecule is COC(=O)C(OC)=C(OCCCCCCCCOCC(C)=C=O)c1ccc(C(=O)Oc2ccccc2)cc1. The van der Waals surface area contributed by atoms with E-state index in [-0.39, 0.29) is 11.5 Å². The monoisotopic (exact) mass is 524 g/mol. The van der Waals surface area contributed by atoms with Crippen molar-refractivity contribution in [2.75, 3.05) is 34.0 Å². The number of para-hydroxylation sites is 1. The summed E-state index contributed by atoms with van der Waals surface area (Å²) in [5.41, 5.74) is 1.50. The number of unbranched alkanes of at least 4 members (excludes halogenated alkanes) is 5. The zero-order valence-corrected chi connectivity index (χ0v) is 22.3. The van der Waals surface area contributed by atoms with Crippen LogP contribution in [0, 0.1) is 0 Å². The second-order valence-electron chi connectivity index (χ2n) is 8.54. The van der Waals surface area contributed by atoms with E-state index < -0.39 is 11.9 Å². The average molecular weight is 525 g/mol. The maximum Gasteiger partial charge on any atom is 0.377 e. The van der Waals surface area contributed by atoms with Crippen molar-refractivity contribution in [3.8, 4) is 5.75 Å². The van der Waals surface area contributed by atoms with E-state index in [2.05, 4.69) is 0 Å². The molecule has 0 spiro atoms. The van der Waals surface area contributed by atoms with Gasteiger partial charge in [0.05, 0.1) is 33.0 Å². The van der Waals surface area contributed by atoms with Crippen LogP contribution in [-0.2, 0) is 28.5 Å². The van der Waals surface area contributed by atoms with Gasteiger partial charge in [-0.3, -0.25) is 0 Å². The van der Waals surface area contributed by atoms with Crippen LogP contribution in [0.5, 0.6) is 5.75 Å². The molecule has 0 radical (unpaired) electrons. The van der Waals surface area contributed by atoms with E-state index in [1.165, 1.54) is 14.2 Å². The fraction of sp³-hybridized carbons (Fsp3) is 0.400. The Morgan fingerprint density at radius 2 is 1.37 bits per heavy atom. The van der Waals surface area contributed by atoms with E-state index in [0.717, 1.165) is 38.5 Å². The topological polar surface area (TPSA) is 97.4 Å². The summed E-state index contributed by atoms with van der Waals surface area (Å²) in [6.45, 7) is 3.06. The fourth-order valence-corrected chi connectivity index (χ4v) is 3.50. The highest BCUT2D eigenvalue weighted by molar-refractivity contribution is 5.95. The Morgan fingerprint density at radius 1 is 0.763 bits per heavy atom. The van der Waals surface area contributed by atoms with Crippen LogP contribution in [0.15, 0.2) is 65.9 Å². The Hall–Kier alpha value is -3.87. The molecule has 2 rings (SSSR count). The third-order valence-corrected chi connectivity index (χ3v) is 5.54. The lowest BCUT2D eigenvalue weighted by Crippen LogP contribution is -2.12. The first-order valence-electron chi connectivity index (χ1n) is 12.7. The van der Waals surface area contributed by atoms with Crippen molar-refractivity contribution in [3.63, 3.8) is 0 Å². The first-order valence-corrected chi connectivity index (χ1v) is 12.7. The number of hydrogen-bond donors (Lipinski definition) is 0. The van der Waals surface area contributed by atoms with Gasteiger partial charge in [0, 0.05) is 17.7 Å². The van der Waals surface area contributed by atoms with Crippen LogP contribution in [0.25, 0.3) is 5.76 Å². The highest BCUT2D eigenvalue weighted by Gasteiger charge is 2.21. The lowest BCUT2D eigenvalue weighted by atomic mass is 10.1. The summed E-state index contributed by atoms with van der Waals surface area (Å²) in [4.78, 5) is 35.2. The normalized spacial score (nSPS) is 11.1. The lowest BCUT2D eigenvalue weighted by Gasteiger charge is -2.15. The summed E-state index contributed by atoms with van der Waals surface area (Å²) in [6.07, 6.45) is 5.86. The van der Waals surface area contributed by atoms with Crippen LogP contribution >= 0.6 is 0 Å². The van der Waals surface area contributed by atoms with Crippen LogP contribution in [0.1, 0.15) is 61.4 Å². The number of benzene rings is 2. The van der Waals surface area contributed by atoms with Gasteiger partial charge < -0.3 is 23.7 Å². The smallest absolute Gasteiger partial charge is 0.377 e. The summed E-state index contributed by atoms with van der Waals surface area (Å²) < 4.78 is 26.9. The minimum atomic E-state index is -0.656. The number of esters is 2. The third-order valence-electron chi connectivity index (χ3n) is 5.54. The van der Waals surface area contributed by atoms with E-state index >= 15 is 0 Å². The van der Waals surface area contributed by atoms with Gasteiger partial charge in [-0.15, -0.1) is 0 Å². The molecule has 0 unspecified atom stereocenters. The highest BCUT2D eigenvalue weighted by atomic mass is 16.6. The van der Waals surface area contributed by atoms with E-state index in [0.29, 0.717) is 42.3 Å². The molecule has 0 N–H and O–H groups in total. The molecule has 2 aromatic carbocycles. The molecule has 0 aliphatic heterocycles. The van der Waals surface area contributed by atoms with Gasteiger partial charge in [-0.05, 0) is 44.0 Å². The number of carbonyl (C=O) groups is 2. The summed E-state index contributed by atoms with van der Waals surface area (Å²) >= 11 is 0. The lowest BCUT2D eigenvalue weighted by molar-refractivity contribution is -0.139. The maximum atomic E-state index is 12.5. The van der Waals surface area contributed by atoms with E-state index in [1.807, 2.05) is 12.0 Å². The van der Waals surface area contributed by atoms with Gasteiger partial charge in [-0.1, -0.05) is 56.0 Å². The van der Waals surface area contributed by atoms with Gasteiger partial charge in [0.15, 0.2) is 5.76 Å². The van der Waals surface area contributed by atoms with Crippen molar-refractivity contribution in [3.05, 3.63) is 77.1 Å². The zero-order chi connectivity index (χ0) is 27.6. The molecule has 0 fully saturated rings. The van der Waals surface area contributed by atoms with Crippen molar-refractivity contribution in [1.82, 2.24) is 0 Å². The summed E-state index contributed by atoms with van der Waals surface area (Å²) in [5, 5.41) is 0. The van der Waals surface area contributed by atoms with Crippen molar-refractivity contribution >= 4 is 23.6 Å². The number of carbonyl (C=O) groups excluding carboxylic acids is 3. The van der Waals surface area contributed by atoms with Crippen LogP contribution in [0.2, 0.25) is 0 Å². The number of rotatable bonds is 17. The number of hydrogen-bond acceptors (Lipinski definition) is 8. The average Bonchev–Trinajstić information content (AvgIpc) is 2.95. The molecule has 0 atom stereocenters. The van der Waals surface area contributed by atoms with Gasteiger partial charge in [-0.25, -0.2) is 14.4 Å². The molecule has 38 heavy (non-hydrogen) atoms. The number of ether oxygens (including phenoxy) is 5. The molecule has 0 saturated heterocycles. The predicted molar refractivity (Wildman–Crippen MR) is 143 cm³/mol. The Kier molecular flexibility index (Phi) is 14.0. The van der Waals surface area contributed by atoms with Crippen LogP contribution in [0.3, 0.4) is 0 Å². The number of methoxy groups -OCH3 is 2. The van der Waals surface area contributed by atoms with E-state index in [9.17, 15) is 14.4 Å². The Morgan fingerprint density at radius 3 is 1.97 bits per heavy atom. The fourth-order valence-electron chi connectivity index (χ4n) is 3.50. The minimum absolute atomic E-state index is 0.0493. The van der Waals surface area contributed by atoms with Crippen LogP contribution in [0.4, 0.5) is 0 Å². The van der Waals surface area contributed by atoms with Crippen molar-refractivity contribution in [2.45, 2.75) is 45.4 Å². The van der Waals surface area contributed by atoms with Gasteiger partial charge >= 0.3 is 11.9 Å². The molecule has 204 valence electrons. The van der Waals surface area contributed by atoms with Gasteiger partial charge in [-0.2, -0.15) is 0 Å². The zero-order valence-electron chi connectivity index (χ0n) is 22.3. The molecule has 0 heterocycles. The van der Waals surface area contributed by atoms with Crippen molar-refractivity contribution in [2.24, 2.45) is 0 Å². The van der Waals surface area contributed by atoms with E-state index in [1.54, 1.807) is 55.5 Å². The molecule has 0 aromatic heterocycles. The molecule has 8 heteroatoms. The Labute approximate surface area is 224 Å². The quantitative estimate of drug-likeness (QED) is 0.0664. The molecular weight excluding hydrogens is 488 g/mol. The molecule has 0 aliphatic carbocycles. The Balaban J connectivity index is 1.88. The predicted octanol–water partition coefficient (Wildman–Crippen LogP) is 5.55.